The van der Waals surface area contributed by atoms with Crippen LogP contribution in [0.3, 0.4) is 0 Å². The van der Waals surface area contributed by atoms with Gasteiger partial charge in [0.15, 0.2) is 0 Å². The zero-order chi connectivity index (χ0) is 13.8. The van der Waals surface area contributed by atoms with Crippen molar-refractivity contribution < 1.29 is 4.39 Å². The summed E-state index contributed by atoms with van der Waals surface area (Å²) < 4.78 is 13.5. The monoisotopic (exact) mass is 283 g/mol. The molecule has 1 fully saturated rings. The van der Waals surface area contributed by atoms with Crippen molar-refractivity contribution in [3.05, 3.63) is 34.1 Å². The van der Waals surface area contributed by atoms with E-state index in [-0.39, 0.29) is 11.9 Å². The number of nitrogens with one attached hydrogen (secondary N) is 1. The fourth-order valence-electron chi connectivity index (χ4n) is 3.09. The van der Waals surface area contributed by atoms with Crippen LogP contribution in [-0.4, -0.2) is 6.54 Å². The van der Waals surface area contributed by atoms with Gasteiger partial charge in [-0.15, -0.1) is 0 Å². The number of rotatable bonds is 5. The highest BCUT2D eigenvalue weighted by atomic mass is 35.5. The Kier molecular flexibility index (Phi) is 5.23. The lowest BCUT2D eigenvalue weighted by molar-refractivity contribution is 0.400. The van der Waals surface area contributed by atoms with Gasteiger partial charge in [0.2, 0.25) is 0 Å². The lowest BCUT2D eigenvalue weighted by atomic mass is 9.92. The smallest absolute Gasteiger partial charge is 0.127 e. The van der Waals surface area contributed by atoms with Crippen LogP contribution < -0.4 is 5.32 Å². The fraction of sp³-hybridized carbons (Fsp3) is 0.625. The van der Waals surface area contributed by atoms with Gasteiger partial charge in [-0.05, 0) is 43.0 Å². The van der Waals surface area contributed by atoms with Crippen LogP contribution in [-0.2, 0) is 0 Å². The highest BCUT2D eigenvalue weighted by Crippen LogP contribution is 2.35. The summed E-state index contributed by atoms with van der Waals surface area (Å²) in [4.78, 5) is 0. The Labute approximate surface area is 120 Å². The SMILES string of the molecule is CCNC(CC1CCCC1)c1cc(C)c(F)cc1Cl. The Bertz CT molecular complexity index is 427. The maximum absolute atomic E-state index is 13.5. The molecule has 1 N–H and O–H groups in total. The van der Waals surface area contributed by atoms with E-state index in [1.807, 2.05) is 6.07 Å². The molecule has 0 saturated heterocycles. The molecule has 0 amide bonds. The second kappa shape index (κ2) is 6.71. The van der Waals surface area contributed by atoms with E-state index in [9.17, 15) is 4.39 Å². The van der Waals surface area contributed by atoms with Gasteiger partial charge in [-0.2, -0.15) is 0 Å². The van der Waals surface area contributed by atoms with Gasteiger partial charge in [-0.1, -0.05) is 50.3 Å². The van der Waals surface area contributed by atoms with E-state index in [4.69, 9.17) is 11.6 Å². The van der Waals surface area contributed by atoms with Crippen LogP contribution in [0.25, 0.3) is 0 Å². The zero-order valence-corrected chi connectivity index (χ0v) is 12.6. The van der Waals surface area contributed by atoms with Crippen LogP contribution in [0, 0.1) is 18.7 Å². The third-order valence-electron chi connectivity index (χ3n) is 4.15. The highest BCUT2D eigenvalue weighted by Gasteiger charge is 2.22. The summed E-state index contributed by atoms with van der Waals surface area (Å²) in [5.74, 6) is 0.565. The van der Waals surface area contributed by atoms with Crippen LogP contribution in [0.2, 0.25) is 5.02 Å². The molecule has 19 heavy (non-hydrogen) atoms. The van der Waals surface area contributed by atoms with E-state index in [0.29, 0.717) is 10.6 Å². The average molecular weight is 284 g/mol. The van der Waals surface area contributed by atoms with Crippen molar-refractivity contribution in [1.82, 2.24) is 5.32 Å². The Hall–Kier alpha value is -0.600. The molecule has 3 heteroatoms. The van der Waals surface area contributed by atoms with E-state index in [0.717, 1.165) is 24.4 Å². The maximum atomic E-state index is 13.5. The Balaban J connectivity index is 2.19. The van der Waals surface area contributed by atoms with Crippen LogP contribution in [0.5, 0.6) is 0 Å². The van der Waals surface area contributed by atoms with Crippen LogP contribution >= 0.6 is 11.6 Å². The lowest BCUT2D eigenvalue weighted by Gasteiger charge is -2.23. The molecule has 0 aromatic heterocycles. The van der Waals surface area contributed by atoms with Gasteiger partial charge in [0.1, 0.15) is 5.82 Å². The maximum Gasteiger partial charge on any atom is 0.127 e. The summed E-state index contributed by atoms with van der Waals surface area (Å²) in [5, 5.41) is 4.05. The van der Waals surface area contributed by atoms with Gasteiger partial charge in [0.25, 0.3) is 0 Å². The van der Waals surface area contributed by atoms with Crippen LogP contribution in [0.15, 0.2) is 12.1 Å². The van der Waals surface area contributed by atoms with E-state index in [1.165, 1.54) is 31.7 Å². The van der Waals surface area contributed by atoms with E-state index < -0.39 is 0 Å². The molecular formula is C16H23ClFN. The first-order valence-corrected chi connectivity index (χ1v) is 7.68. The van der Waals surface area contributed by atoms with Gasteiger partial charge in [0, 0.05) is 11.1 Å². The van der Waals surface area contributed by atoms with Crippen molar-refractivity contribution in [3.8, 4) is 0 Å². The Morgan fingerprint density at radius 2 is 2.05 bits per heavy atom. The second-order valence-corrected chi connectivity index (χ2v) is 6.03. The van der Waals surface area contributed by atoms with Crippen LogP contribution in [0.1, 0.15) is 56.2 Å². The summed E-state index contributed by atoms with van der Waals surface area (Å²) >= 11 is 6.24. The third kappa shape index (κ3) is 3.70. The fourth-order valence-corrected chi connectivity index (χ4v) is 3.37. The van der Waals surface area contributed by atoms with Gasteiger partial charge in [0.05, 0.1) is 0 Å². The molecule has 1 atom stereocenters. The summed E-state index contributed by atoms with van der Waals surface area (Å²) in [7, 11) is 0. The normalized spacial score (nSPS) is 17.9. The number of benzene rings is 1. The van der Waals surface area contributed by atoms with Crippen molar-refractivity contribution in [3.63, 3.8) is 0 Å². The predicted octanol–water partition coefficient (Wildman–Crippen LogP) is 5.02. The summed E-state index contributed by atoms with van der Waals surface area (Å²) in [6.07, 6.45) is 6.44. The third-order valence-corrected chi connectivity index (χ3v) is 4.47. The molecule has 1 unspecified atom stereocenters. The Morgan fingerprint density at radius 3 is 2.68 bits per heavy atom. The molecule has 0 spiro atoms. The van der Waals surface area contributed by atoms with Crippen molar-refractivity contribution >= 4 is 11.6 Å². The first-order valence-electron chi connectivity index (χ1n) is 7.30. The van der Waals surface area contributed by atoms with Crippen molar-refractivity contribution in [2.45, 2.75) is 52.0 Å². The molecule has 106 valence electrons. The topological polar surface area (TPSA) is 12.0 Å². The lowest BCUT2D eigenvalue weighted by Crippen LogP contribution is -2.23. The number of halogens is 2. The standard InChI is InChI=1S/C16H23ClFN/c1-3-19-16(9-12-6-4-5-7-12)13-8-11(2)15(18)10-14(13)17/h8,10,12,16,19H,3-7,9H2,1-2H3. The predicted molar refractivity (Wildman–Crippen MR) is 79.1 cm³/mol. The van der Waals surface area contributed by atoms with Gasteiger partial charge in [-0.3, -0.25) is 0 Å². The largest absolute Gasteiger partial charge is 0.310 e. The number of aryl methyl sites for hydroxylation is 1. The molecule has 1 aliphatic rings. The molecule has 1 nitrogen and oxygen atoms in total. The van der Waals surface area contributed by atoms with Crippen molar-refractivity contribution in [2.24, 2.45) is 5.92 Å². The number of hydrogen-bond acceptors (Lipinski definition) is 1. The van der Waals surface area contributed by atoms with Gasteiger partial charge < -0.3 is 5.32 Å². The Morgan fingerprint density at radius 1 is 1.37 bits per heavy atom. The summed E-state index contributed by atoms with van der Waals surface area (Å²) in [6.45, 7) is 4.81. The molecule has 1 aliphatic carbocycles. The second-order valence-electron chi connectivity index (χ2n) is 5.62. The van der Waals surface area contributed by atoms with Gasteiger partial charge >= 0.3 is 0 Å². The summed E-state index contributed by atoms with van der Waals surface area (Å²) in [5.41, 5.74) is 1.73. The average Bonchev–Trinajstić information content (AvgIpc) is 2.86. The van der Waals surface area contributed by atoms with Crippen LogP contribution in [0.4, 0.5) is 4.39 Å². The molecule has 0 radical (unpaired) electrons. The van der Waals surface area contributed by atoms with E-state index >= 15 is 0 Å². The molecule has 0 aliphatic heterocycles. The molecule has 0 bridgehead atoms. The summed E-state index contributed by atoms with van der Waals surface area (Å²) in [6, 6.07) is 3.60. The quantitative estimate of drug-likeness (QED) is 0.800. The van der Waals surface area contributed by atoms with E-state index in [1.54, 1.807) is 6.92 Å². The zero-order valence-electron chi connectivity index (χ0n) is 11.8. The van der Waals surface area contributed by atoms with E-state index in [2.05, 4.69) is 12.2 Å². The number of hydrogen-bond donors (Lipinski definition) is 1. The molecule has 1 aromatic carbocycles. The van der Waals surface area contributed by atoms with Crippen molar-refractivity contribution in [2.75, 3.05) is 6.54 Å². The highest BCUT2D eigenvalue weighted by molar-refractivity contribution is 6.31. The molecule has 2 rings (SSSR count). The minimum absolute atomic E-state index is 0.218. The molecule has 1 saturated carbocycles. The van der Waals surface area contributed by atoms with Crippen molar-refractivity contribution in [1.29, 1.82) is 0 Å². The molecule has 0 heterocycles. The molecular weight excluding hydrogens is 261 g/mol. The molecule has 1 aromatic rings. The minimum Gasteiger partial charge on any atom is -0.310 e. The minimum atomic E-state index is -0.218. The first-order chi connectivity index (χ1) is 9.11. The van der Waals surface area contributed by atoms with Gasteiger partial charge in [-0.25, -0.2) is 4.39 Å². The first kappa shape index (κ1) is 14.8.